The third kappa shape index (κ3) is 8.70. The van der Waals surface area contributed by atoms with Gasteiger partial charge in [0.25, 0.3) is 0 Å². The maximum atomic E-state index is 15.0. The molecule has 1 aromatic carbocycles. The smallest absolute Gasteiger partial charge is 0.408 e. The van der Waals surface area contributed by atoms with E-state index in [1.165, 1.54) is 4.90 Å². The molecule has 2 aliphatic heterocycles. The SMILES string of the molecule is CCOC(=O)C12CC1CC(F)(F)CCCCCC(NC(=O)OC(C)(C)C)C(=O)N1CC(OC(=O)c3ccccc3)CC1C(=O)N2. The van der Waals surface area contributed by atoms with E-state index in [2.05, 4.69) is 10.6 Å². The first-order valence-corrected chi connectivity index (χ1v) is 15.6. The average Bonchev–Trinajstić information content (AvgIpc) is 3.45. The summed E-state index contributed by atoms with van der Waals surface area (Å²) in [6, 6.07) is 5.87. The number of alkyl carbamates (subject to hydrolysis) is 1. The van der Waals surface area contributed by atoms with E-state index in [1.54, 1.807) is 58.0 Å². The van der Waals surface area contributed by atoms with Crippen molar-refractivity contribution >= 4 is 29.8 Å². The van der Waals surface area contributed by atoms with Crippen molar-refractivity contribution in [3.63, 3.8) is 0 Å². The van der Waals surface area contributed by atoms with E-state index < -0.39 is 83.9 Å². The Hall–Kier alpha value is -3.77. The van der Waals surface area contributed by atoms with Crippen molar-refractivity contribution in [2.24, 2.45) is 5.92 Å². The van der Waals surface area contributed by atoms with E-state index in [0.717, 1.165) is 0 Å². The number of carbonyl (C=O) groups excluding carboxylic acids is 5. The van der Waals surface area contributed by atoms with Crippen LogP contribution in [0.4, 0.5) is 13.6 Å². The number of benzene rings is 1. The number of ether oxygens (including phenoxy) is 3. The van der Waals surface area contributed by atoms with Crippen LogP contribution in [0.1, 0.15) is 89.4 Å². The molecule has 1 aromatic rings. The van der Waals surface area contributed by atoms with E-state index in [1.807, 2.05) is 0 Å². The monoisotopic (exact) mass is 635 g/mol. The van der Waals surface area contributed by atoms with Gasteiger partial charge >= 0.3 is 18.0 Å². The van der Waals surface area contributed by atoms with Crippen molar-refractivity contribution in [2.45, 2.75) is 114 Å². The highest BCUT2D eigenvalue weighted by molar-refractivity contribution is 5.96. The molecule has 1 aliphatic carbocycles. The zero-order valence-electron chi connectivity index (χ0n) is 26.2. The first-order chi connectivity index (χ1) is 21.1. The van der Waals surface area contributed by atoms with Gasteiger partial charge in [0.05, 0.1) is 18.7 Å². The fraction of sp³-hybridized carbons (Fsp3) is 0.656. The normalized spacial score (nSPS) is 28.7. The van der Waals surface area contributed by atoms with Crippen molar-refractivity contribution < 1.29 is 47.0 Å². The summed E-state index contributed by atoms with van der Waals surface area (Å²) < 4.78 is 46.2. The second-order valence-electron chi connectivity index (χ2n) is 13.1. The number of esters is 2. The standard InChI is InChI=1S/C32H43F2N3O8/c1-5-43-28(41)32-18-21(32)17-31(33,34)15-11-7-10-14-23(35-29(42)45-30(2,3)4)26(39)37-19-22(16-24(37)25(38)36-32)44-27(40)20-12-8-6-9-13-20/h6,8-9,12-13,21-24H,5,7,10-11,14-19H2,1-4H3,(H,35,42)(H,36,38). The Morgan fingerprint density at radius 2 is 1.78 bits per heavy atom. The minimum atomic E-state index is -3.08. The molecule has 2 N–H and O–H groups in total. The number of hydrogen-bond donors (Lipinski definition) is 2. The van der Waals surface area contributed by atoms with Crippen LogP contribution in [0.2, 0.25) is 0 Å². The molecule has 45 heavy (non-hydrogen) atoms. The highest BCUT2D eigenvalue weighted by Crippen LogP contribution is 2.51. The Labute approximate surface area is 261 Å². The van der Waals surface area contributed by atoms with Crippen LogP contribution in [0, 0.1) is 5.92 Å². The van der Waals surface area contributed by atoms with Gasteiger partial charge in [-0.3, -0.25) is 9.59 Å². The van der Waals surface area contributed by atoms with Crippen molar-refractivity contribution in [1.29, 1.82) is 0 Å². The molecule has 0 bridgehead atoms. The molecule has 3 aliphatic rings. The molecule has 3 fully saturated rings. The van der Waals surface area contributed by atoms with E-state index >= 15 is 0 Å². The molecule has 0 aromatic heterocycles. The van der Waals surface area contributed by atoms with Crippen molar-refractivity contribution in [1.82, 2.24) is 15.5 Å². The molecule has 2 heterocycles. The number of halogens is 2. The van der Waals surface area contributed by atoms with Crippen LogP contribution in [0.15, 0.2) is 30.3 Å². The van der Waals surface area contributed by atoms with Gasteiger partial charge in [0.15, 0.2) is 0 Å². The van der Waals surface area contributed by atoms with Gasteiger partial charge in [-0.05, 0) is 59.1 Å². The predicted octanol–water partition coefficient (Wildman–Crippen LogP) is 4.13. The van der Waals surface area contributed by atoms with Gasteiger partial charge in [0.1, 0.15) is 29.3 Å². The Balaban J connectivity index is 1.64. The number of fused-ring (bicyclic) bond motifs is 2. The molecule has 5 atom stereocenters. The van der Waals surface area contributed by atoms with E-state index in [-0.39, 0.29) is 44.4 Å². The minimum absolute atomic E-state index is 0.0108. The van der Waals surface area contributed by atoms with Crippen molar-refractivity contribution in [3.8, 4) is 0 Å². The van der Waals surface area contributed by atoms with Crippen LogP contribution in [0.25, 0.3) is 0 Å². The Kier molecular flexibility index (Phi) is 10.4. The average molecular weight is 636 g/mol. The summed E-state index contributed by atoms with van der Waals surface area (Å²) in [6.07, 6.45) is -1.91. The van der Waals surface area contributed by atoms with Crippen molar-refractivity contribution in [2.75, 3.05) is 13.2 Å². The van der Waals surface area contributed by atoms with Gasteiger partial charge in [0, 0.05) is 25.2 Å². The predicted molar refractivity (Wildman–Crippen MR) is 157 cm³/mol. The van der Waals surface area contributed by atoms with Crippen LogP contribution in [0.3, 0.4) is 0 Å². The molecule has 248 valence electrons. The molecular formula is C32H43F2N3O8. The maximum absolute atomic E-state index is 15.0. The summed E-state index contributed by atoms with van der Waals surface area (Å²) in [4.78, 5) is 67.7. The maximum Gasteiger partial charge on any atom is 0.408 e. The minimum Gasteiger partial charge on any atom is -0.464 e. The fourth-order valence-electron chi connectivity index (χ4n) is 6.04. The lowest BCUT2D eigenvalue weighted by Crippen LogP contribution is -2.57. The summed E-state index contributed by atoms with van der Waals surface area (Å²) in [5.41, 5.74) is -2.23. The van der Waals surface area contributed by atoms with Gasteiger partial charge in [-0.1, -0.05) is 31.0 Å². The number of nitrogens with one attached hydrogen (secondary N) is 2. The Morgan fingerprint density at radius 3 is 2.44 bits per heavy atom. The van der Waals surface area contributed by atoms with Crippen LogP contribution in [0.5, 0.6) is 0 Å². The topological polar surface area (TPSA) is 140 Å². The van der Waals surface area contributed by atoms with Gasteiger partial charge in [-0.15, -0.1) is 0 Å². The van der Waals surface area contributed by atoms with Gasteiger partial charge in [-0.2, -0.15) is 0 Å². The summed E-state index contributed by atoms with van der Waals surface area (Å²) in [7, 11) is 0. The number of carbonyl (C=O) groups is 5. The summed E-state index contributed by atoms with van der Waals surface area (Å²) in [5.74, 6) is -6.75. The molecule has 3 amide bonds. The zero-order chi connectivity index (χ0) is 33.0. The molecule has 13 heteroatoms. The Bertz CT molecular complexity index is 1270. The first-order valence-electron chi connectivity index (χ1n) is 15.6. The molecule has 4 rings (SSSR count). The quantitative estimate of drug-likeness (QED) is 0.364. The number of rotatable bonds is 5. The van der Waals surface area contributed by atoms with Crippen LogP contribution >= 0.6 is 0 Å². The summed E-state index contributed by atoms with van der Waals surface area (Å²) in [5, 5.41) is 5.24. The second kappa shape index (κ2) is 13.7. The highest BCUT2D eigenvalue weighted by atomic mass is 19.3. The summed E-state index contributed by atoms with van der Waals surface area (Å²) >= 11 is 0. The van der Waals surface area contributed by atoms with Crippen LogP contribution in [-0.2, 0) is 28.6 Å². The molecule has 5 unspecified atom stereocenters. The number of nitrogens with zero attached hydrogens (tertiary/aromatic N) is 1. The Morgan fingerprint density at radius 1 is 1.07 bits per heavy atom. The first kappa shape index (κ1) is 34.1. The van der Waals surface area contributed by atoms with Crippen LogP contribution in [-0.4, -0.2) is 83.1 Å². The number of alkyl halides is 2. The van der Waals surface area contributed by atoms with Crippen molar-refractivity contribution in [3.05, 3.63) is 35.9 Å². The largest absolute Gasteiger partial charge is 0.464 e. The lowest BCUT2D eigenvalue weighted by atomic mass is 10.0. The van der Waals surface area contributed by atoms with Gasteiger partial charge in [0.2, 0.25) is 17.7 Å². The zero-order valence-corrected chi connectivity index (χ0v) is 26.2. The second-order valence-corrected chi connectivity index (χ2v) is 13.1. The molecular weight excluding hydrogens is 592 g/mol. The van der Waals surface area contributed by atoms with E-state index in [9.17, 15) is 32.8 Å². The molecule has 0 radical (unpaired) electrons. The van der Waals surface area contributed by atoms with Gasteiger partial charge in [-0.25, -0.2) is 23.2 Å². The van der Waals surface area contributed by atoms with Crippen LogP contribution < -0.4 is 10.6 Å². The van der Waals surface area contributed by atoms with E-state index in [4.69, 9.17) is 14.2 Å². The molecule has 1 saturated carbocycles. The highest BCUT2D eigenvalue weighted by Gasteiger charge is 2.65. The number of amides is 3. The number of hydrogen-bond acceptors (Lipinski definition) is 8. The lowest BCUT2D eigenvalue weighted by Gasteiger charge is -2.30. The lowest BCUT2D eigenvalue weighted by molar-refractivity contribution is -0.150. The molecule has 11 nitrogen and oxygen atoms in total. The summed E-state index contributed by atoms with van der Waals surface area (Å²) in [6.45, 7) is 6.42. The molecule has 2 saturated heterocycles. The van der Waals surface area contributed by atoms with Gasteiger partial charge < -0.3 is 29.7 Å². The molecule has 0 spiro atoms. The third-order valence-electron chi connectivity index (χ3n) is 8.29. The van der Waals surface area contributed by atoms with E-state index in [0.29, 0.717) is 12.8 Å². The third-order valence-corrected chi connectivity index (χ3v) is 8.29. The fourth-order valence-corrected chi connectivity index (χ4v) is 6.04.